The molecule has 0 spiro atoms. The fourth-order valence-corrected chi connectivity index (χ4v) is 3.75. The maximum absolute atomic E-state index is 13.0. The molecule has 1 amide bonds. The van der Waals surface area contributed by atoms with Crippen molar-refractivity contribution in [1.29, 1.82) is 0 Å². The molecule has 1 aliphatic rings. The van der Waals surface area contributed by atoms with Crippen molar-refractivity contribution in [3.05, 3.63) is 78.4 Å². The Hall–Kier alpha value is -3.08. The molecule has 2 aromatic carbocycles. The van der Waals surface area contributed by atoms with Gasteiger partial charge >= 0.3 is 0 Å². The maximum Gasteiger partial charge on any atom is 0.254 e. The molecule has 1 aliphatic heterocycles. The van der Waals surface area contributed by atoms with Crippen LogP contribution >= 0.6 is 0 Å². The zero-order chi connectivity index (χ0) is 18.8. The number of anilines is 1. The number of para-hydroxylation sites is 1. The first kappa shape index (κ1) is 17.3. The van der Waals surface area contributed by atoms with Crippen LogP contribution in [0.4, 0.5) is 5.69 Å². The van der Waals surface area contributed by atoms with E-state index in [4.69, 9.17) is 0 Å². The van der Waals surface area contributed by atoms with Gasteiger partial charge in [0.05, 0.1) is 6.33 Å². The minimum atomic E-state index is 0.101. The number of rotatable bonds is 3. The van der Waals surface area contributed by atoms with E-state index < -0.39 is 0 Å². The first-order valence-corrected chi connectivity index (χ1v) is 9.33. The quantitative estimate of drug-likeness (QED) is 0.717. The molecule has 0 aliphatic carbocycles. The Morgan fingerprint density at radius 2 is 1.85 bits per heavy atom. The number of hydrogen-bond acceptors (Lipinski definition) is 3. The van der Waals surface area contributed by atoms with Gasteiger partial charge in [-0.15, -0.1) is 0 Å². The summed E-state index contributed by atoms with van der Waals surface area (Å²) in [5, 5.41) is 0. The molecule has 1 atom stereocenters. The van der Waals surface area contributed by atoms with Crippen molar-refractivity contribution in [2.75, 3.05) is 24.5 Å². The predicted molar refractivity (Wildman–Crippen MR) is 107 cm³/mol. The predicted octanol–water partition coefficient (Wildman–Crippen LogP) is 3.53. The van der Waals surface area contributed by atoms with Crippen LogP contribution in [0.1, 0.15) is 22.8 Å². The molecular formula is C22H24N4O. The molecule has 0 N–H and O–H groups in total. The number of benzene rings is 2. The Labute approximate surface area is 159 Å². The van der Waals surface area contributed by atoms with E-state index in [1.807, 2.05) is 39.9 Å². The number of amides is 1. The van der Waals surface area contributed by atoms with E-state index in [2.05, 4.69) is 48.0 Å². The first-order chi connectivity index (χ1) is 13.1. The van der Waals surface area contributed by atoms with Gasteiger partial charge in [0.15, 0.2) is 0 Å². The van der Waals surface area contributed by atoms with Crippen LogP contribution in [-0.4, -0.2) is 46.0 Å². The Balaban J connectivity index is 1.46. The summed E-state index contributed by atoms with van der Waals surface area (Å²) < 4.78 is 1.93. The van der Waals surface area contributed by atoms with E-state index in [0.29, 0.717) is 0 Å². The summed E-state index contributed by atoms with van der Waals surface area (Å²) in [5.41, 5.74) is 4.28. The number of carbonyl (C=O) groups excluding carboxylic acids is 1. The molecule has 0 bridgehead atoms. The minimum absolute atomic E-state index is 0.101. The maximum atomic E-state index is 13.0. The summed E-state index contributed by atoms with van der Waals surface area (Å²) in [7, 11) is 0. The van der Waals surface area contributed by atoms with Crippen molar-refractivity contribution in [2.24, 2.45) is 0 Å². The highest BCUT2D eigenvalue weighted by molar-refractivity contribution is 5.94. The second-order valence-corrected chi connectivity index (χ2v) is 7.10. The van der Waals surface area contributed by atoms with Gasteiger partial charge in [-0.1, -0.05) is 18.2 Å². The summed E-state index contributed by atoms with van der Waals surface area (Å²) in [6.45, 7) is 6.71. The normalized spacial score (nSPS) is 17.2. The first-order valence-electron chi connectivity index (χ1n) is 9.33. The molecule has 138 valence electrons. The van der Waals surface area contributed by atoms with Gasteiger partial charge in [0.1, 0.15) is 0 Å². The fraction of sp³-hybridized carbons (Fsp3) is 0.273. The molecule has 4 rings (SSSR count). The number of hydrogen-bond donors (Lipinski definition) is 0. The smallest absolute Gasteiger partial charge is 0.254 e. The van der Waals surface area contributed by atoms with E-state index in [9.17, 15) is 4.79 Å². The zero-order valence-electron chi connectivity index (χ0n) is 15.7. The van der Waals surface area contributed by atoms with Gasteiger partial charge in [-0.2, -0.15) is 0 Å². The largest absolute Gasteiger partial charge is 0.367 e. The lowest BCUT2D eigenvalue weighted by atomic mass is 10.1. The van der Waals surface area contributed by atoms with Gasteiger partial charge < -0.3 is 14.4 Å². The molecule has 3 aromatic rings. The number of piperazine rings is 1. The molecule has 1 fully saturated rings. The lowest BCUT2D eigenvalue weighted by Gasteiger charge is -2.41. The van der Waals surface area contributed by atoms with Gasteiger partial charge in [-0.05, 0) is 49.7 Å². The second kappa shape index (κ2) is 7.27. The van der Waals surface area contributed by atoms with E-state index in [-0.39, 0.29) is 11.9 Å². The van der Waals surface area contributed by atoms with Crippen LogP contribution in [0.15, 0.2) is 67.3 Å². The van der Waals surface area contributed by atoms with Gasteiger partial charge in [0, 0.05) is 55.0 Å². The van der Waals surface area contributed by atoms with Crippen molar-refractivity contribution >= 4 is 11.6 Å². The monoisotopic (exact) mass is 360 g/mol. The summed E-state index contributed by atoms with van der Waals surface area (Å²) in [6, 6.07) is 16.3. The molecule has 1 saturated heterocycles. The Kier molecular flexibility index (Phi) is 4.67. The highest BCUT2D eigenvalue weighted by atomic mass is 16.2. The van der Waals surface area contributed by atoms with Crippen LogP contribution in [0.25, 0.3) is 5.69 Å². The molecular weight excluding hydrogens is 336 g/mol. The summed E-state index contributed by atoms with van der Waals surface area (Å²) in [6.07, 6.45) is 5.39. The second-order valence-electron chi connectivity index (χ2n) is 7.10. The number of imidazole rings is 1. The lowest BCUT2D eigenvalue weighted by Crippen LogP contribution is -2.54. The summed E-state index contributed by atoms with van der Waals surface area (Å²) >= 11 is 0. The van der Waals surface area contributed by atoms with E-state index in [1.54, 1.807) is 12.5 Å². The minimum Gasteiger partial charge on any atom is -0.367 e. The fourth-order valence-electron chi connectivity index (χ4n) is 3.75. The van der Waals surface area contributed by atoms with Crippen molar-refractivity contribution in [1.82, 2.24) is 14.5 Å². The Bertz CT molecular complexity index is 918. The molecule has 1 aromatic heterocycles. The number of aromatic nitrogens is 2. The van der Waals surface area contributed by atoms with Crippen LogP contribution in [0, 0.1) is 6.92 Å². The van der Waals surface area contributed by atoms with Gasteiger partial charge in [0.25, 0.3) is 5.91 Å². The van der Waals surface area contributed by atoms with Crippen LogP contribution in [0.5, 0.6) is 0 Å². The molecule has 0 saturated carbocycles. The number of aryl methyl sites for hydroxylation is 1. The lowest BCUT2D eigenvalue weighted by molar-refractivity contribution is 0.0674. The van der Waals surface area contributed by atoms with Crippen molar-refractivity contribution in [3.63, 3.8) is 0 Å². The molecule has 5 heteroatoms. The van der Waals surface area contributed by atoms with Crippen molar-refractivity contribution in [2.45, 2.75) is 19.9 Å². The summed E-state index contributed by atoms with van der Waals surface area (Å²) in [5.74, 6) is 0.101. The van der Waals surface area contributed by atoms with Crippen LogP contribution in [0.2, 0.25) is 0 Å². The highest BCUT2D eigenvalue weighted by Crippen LogP contribution is 2.24. The molecule has 2 heterocycles. The van der Waals surface area contributed by atoms with Crippen LogP contribution < -0.4 is 4.90 Å². The van der Waals surface area contributed by atoms with E-state index in [1.165, 1.54) is 11.3 Å². The molecule has 0 unspecified atom stereocenters. The van der Waals surface area contributed by atoms with Crippen LogP contribution in [-0.2, 0) is 0 Å². The standard InChI is InChI=1S/C22H24N4O/c1-17-5-3-4-6-21(17)24-13-14-26(18(2)15-24)22(27)19-7-9-20(10-8-19)25-12-11-23-16-25/h3-12,16,18H,13-15H2,1-2H3/t18-/m0/s1. The van der Waals surface area contributed by atoms with Gasteiger partial charge in [0.2, 0.25) is 0 Å². The van der Waals surface area contributed by atoms with Crippen molar-refractivity contribution < 1.29 is 4.79 Å². The molecule has 27 heavy (non-hydrogen) atoms. The number of nitrogens with zero attached hydrogens (tertiary/aromatic N) is 4. The third kappa shape index (κ3) is 3.45. The average molecular weight is 360 g/mol. The Morgan fingerprint density at radius 1 is 1.07 bits per heavy atom. The average Bonchev–Trinajstić information content (AvgIpc) is 3.23. The third-order valence-electron chi connectivity index (χ3n) is 5.26. The summed E-state index contributed by atoms with van der Waals surface area (Å²) in [4.78, 5) is 21.4. The SMILES string of the molecule is Cc1ccccc1N1CCN(C(=O)c2ccc(-n3ccnc3)cc2)[C@@H](C)C1. The van der Waals surface area contributed by atoms with E-state index >= 15 is 0 Å². The Morgan fingerprint density at radius 3 is 2.52 bits per heavy atom. The van der Waals surface area contributed by atoms with Gasteiger partial charge in [-0.25, -0.2) is 4.98 Å². The van der Waals surface area contributed by atoms with Crippen LogP contribution in [0.3, 0.4) is 0 Å². The molecule has 0 radical (unpaired) electrons. The van der Waals surface area contributed by atoms with Gasteiger partial charge in [-0.3, -0.25) is 4.79 Å². The highest BCUT2D eigenvalue weighted by Gasteiger charge is 2.28. The van der Waals surface area contributed by atoms with E-state index in [0.717, 1.165) is 30.9 Å². The third-order valence-corrected chi connectivity index (χ3v) is 5.26. The molecule has 5 nitrogen and oxygen atoms in total. The topological polar surface area (TPSA) is 41.4 Å². The van der Waals surface area contributed by atoms with Crippen molar-refractivity contribution in [3.8, 4) is 5.69 Å². The number of carbonyl (C=O) groups is 1. The zero-order valence-corrected chi connectivity index (χ0v) is 15.7.